The predicted molar refractivity (Wildman–Crippen MR) is 104 cm³/mol. The Balaban J connectivity index is 1.64. The Hall–Kier alpha value is -3.25. The number of nitrogens with one attached hydrogen (secondary N) is 1. The van der Waals surface area contributed by atoms with Gasteiger partial charge in [0.15, 0.2) is 11.5 Å². The molecule has 1 aliphatic rings. The van der Waals surface area contributed by atoms with Crippen LogP contribution in [-0.4, -0.2) is 27.6 Å². The summed E-state index contributed by atoms with van der Waals surface area (Å²) in [5.41, 5.74) is 3.16. The van der Waals surface area contributed by atoms with Crippen molar-refractivity contribution in [1.82, 2.24) is 14.4 Å². The fourth-order valence-corrected chi connectivity index (χ4v) is 3.24. The van der Waals surface area contributed by atoms with Crippen molar-refractivity contribution in [1.29, 1.82) is 0 Å². The first-order valence-corrected chi connectivity index (χ1v) is 8.91. The molecule has 1 N–H and O–H groups in total. The highest BCUT2D eigenvalue weighted by Gasteiger charge is 2.17. The van der Waals surface area contributed by atoms with Crippen molar-refractivity contribution < 1.29 is 9.47 Å². The molecule has 4 aromatic rings. The lowest BCUT2D eigenvalue weighted by Crippen LogP contribution is -2.15. The van der Waals surface area contributed by atoms with Gasteiger partial charge in [0.1, 0.15) is 30.4 Å². The quantitative estimate of drug-likeness (QED) is 0.566. The molecule has 0 aliphatic carbocycles. The summed E-state index contributed by atoms with van der Waals surface area (Å²) < 4.78 is 13.2. The van der Waals surface area contributed by atoms with Crippen molar-refractivity contribution in [3.8, 4) is 22.9 Å². The highest BCUT2D eigenvalue weighted by molar-refractivity contribution is 6.30. The molecule has 0 fully saturated rings. The summed E-state index contributed by atoms with van der Waals surface area (Å²) in [6.45, 7) is 1.11. The lowest BCUT2D eigenvalue weighted by molar-refractivity contribution is 0.171. The summed E-state index contributed by atoms with van der Waals surface area (Å²) >= 11 is 6.22. The van der Waals surface area contributed by atoms with E-state index in [-0.39, 0.29) is 0 Å². The second-order valence-electron chi connectivity index (χ2n) is 6.08. The van der Waals surface area contributed by atoms with Crippen molar-refractivity contribution in [3.63, 3.8) is 0 Å². The van der Waals surface area contributed by atoms with Gasteiger partial charge in [-0.25, -0.2) is 4.98 Å². The molecule has 5 rings (SSSR count). The van der Waals surface area contributed by atoms with Crippen LogP contribution in [0.4, 0.5) is 11.5 Å². The van der Waals surface area contributed by atoms with Gasteiger partial charge < -0.3 is 14.8 Å². The van der Waals surface area contributed by atoms with Gasteiger partial charge in [0.25, 0.3) is 0 Å². The summed E-state index contributed by atoms with van der Waals surface area (Å²) in [5, 5.41) is 4.06. The van der Waals surface area contributed by atoms with Crippen LogP contribution in [-0.2, 0) is 0 Å². The fourth-order valence-electron chi connectivity index (χ4n) is 3.08. The first-order chi connectivity index (χ1) is 13.3. The number of anilines is 2. The molecule has 0 saturated carbocycles. The lowest BCUT2D eigenvalue weighted by atomic mass is 10.2. The molecular formula is C20H15ClN4O2. The molecule has 3 aromatic heterocycles. The summed E-state index contributed by atoms with van der Waals surface area (Å²) in [7, 11) is 0. The Morgan fingerprint density at radius 2 is 1.89 bits per heavy atom. The Labute approximate surface area is 160 Å². The van der Waals surface area contributed by atoms with Crippen LogP contribution in [0.5, 0.6) is 11.5 Å². The third-order valence-corrected chi connectivity index (χ3v) is 4.52. The number of hydrogen-bond acceptors (Lipinski definition) is 5. The molecule has 0 amide bonds. The fraction of sp³-hybridized carbons (Fsp3) is 0.100. The van der Waals surface area contributed by atoms with E-state index >= 15 is 0 Å². The van der Waals surface area contributed by atoms with Crippen molar-refractivity contribution in [3.05, 3.63) is 65.9 Å². The van der Waals surface area contributed by atoms with Crippen LogP contribution in [0.2, 0.25) is 5.02 Å². The van der Waals surface area contributed by atoms with E-state index in [4.69, 9.17) is 26.1 Å². The van der Waals surface area contributed by atoms with E-state index in [1.165, 1.54) is 0 Å². The van der Waals surface area contributed by atoms with E-state index < -0.39 is 0 Å². The van der Waals surface area contributed by atoms with E-state index in [1.807, 2.05) is 59.1 Å². The van der Waals surface area contributed by atoms with Crippen LogP contribution < -0.4 is 14.8 Å². The highest BCUT2D eigenvalue weighted by Crippen LogP contribution is 2.36. The summed E-state index contributed by atoms with van der Waals surface area (Å²) in [5.74, 6) is 2.25. The average Bonchev–Trinajstić information content (AvgIpc) is 3.06. The molecule has 0 atom stereocenters. The smallest absolute Gasteiger partial charge is 0.163 e. The predicted octanol–water partition coefficient (Wildman–Crippen LogP) is 4.56. The number of fused-ring (bicyclic) bond motifs is 2. The van der Waals surface area contributed by atoms with E-state index in [9.17, 15) is 0 Å². The number of imidazole rings is 1. The second kappa shape index (κ2) is 6.48. The van der Waals surface area contributed by atoms with Crippen LogP contribution >= 0.6 is 11.6 Å². The van der Waals surface area contributed by atoms with E-state index in [0.29, 0.717) is 18.2 Å². The first kappa shape index (κ1) is 16.0. The molecule has 27 heavy (non-hydrogen) atoms. The van der Waals surface area contributed by atoms with Crippen molar-refractivity contribution in [2.24, 2.45) is 0 Å². The molecule has 0 spiro atoms. The van der Waals surface area contributed by atoms with Crippen molar-refractivity contribution >= 4 is 28.8 Å². The Bertz CT molecular complexity index is 1130. The lowest BCUT2D eigenvalue weighted by Gasteiger charge is -2.19. The molecule has 0 unspecified atom stereocenters. The number of pyridine rings is 2. The number of hydrogen-bond donors (Lipinski definition) is 1. The van der Waals surface area contributed by atoms with Crippen LogP contribution in [0.3, 0.4) is 0 Å². The van der Waals surface area contributed by atoms with Gasteiger partial charge in [-0.2, -0.15) is 0 Å². The van der Waals surface area contributed by atoms with Crippen LogP contribution in [0, 0.1) is 0 Å². The number of nitrogens with zero attached hydrogens (tertiary/aromatic N) is 3. The molecule has 1 aliphatic heterocycles. The van der Waals surface area contributed by atoms with Crippen LogP contribution in [0.25, 0.3) is 17.0 Å². The summed E-state index contributed by atoms with van der Waals surface area (Å²) in [6, 6.07) is 15.2. The third kappa shape index (κ3) is 2.94. The molecule has 0 bridgehead atoms. The number of aromatic nitrogens is 3. The summed E-state index contributed by atoms with van der Waals surface area (Å²) in [4.78, 5) is 9.18. The van der Waals surface area contributed by atoms with E-state index in [1.54, 1.807) is 6.20 Å². The number of benzene rings is 1. The zero-order valence-electron chi connectivity index (χ0n) is 14.2. The van der Waals surface area contributed by atoms with Gasteiger partial charge in [-0.05, 0) is 36.4 Å². The Morgan fingerprint density at radius 3 is 2.74 bits per heavy atom. The minimum atomic E-state index is 0.543. The van der Waals surface area contributed by atoms with E-state index in [0.717, 1.165) is 40.0 Å². The standard InChI is InChI=1S/C20H15ClN4O2/c21-13-4-7-18-24-19(15-3-1-2-8-22-15)20(25(18)12-13)23-14-5-6-16-17(11-14)27-10-9-26-16/h1-8,11-12,23H,9-10H2. The Morgan fingerprint density at radius 1 is 1.00 bits per heavy atom. The van der Waals surface area contributed by atoms with Gasteiger partial charge in [-0.1, -0.05) is 17.7 Å². The maximum absolute atomic E-state index is 6.22. The van der Waals surface area contributed by atoms with E-state index in [2.05, 4.69) is 10.3 Å². The minimum absolute atomic E-state index is 0.543. The van der Waals surface area contributed by atoms with Gasteiger partial charge in [0.05, 0.1) is 10.7 Å². The normalized spacial score (nSPS) is 12.9. The third-order valence-electron chi connectivity index (χ3n) is 4.29. The average molecular weight is 379 g/mol. The monoisotopic (exact) mass is 378 g/mol. The molecule has 4 heterocycles. The van der Waals surface area contributed by atoms with Crippen molar-refractivity contribution in [2.45, 2.75) is 0 Å². The summed E-state index contributed by atoms with van der Waals surface area (Å²) in [6.07, 6.45) is 3.58. The zero-order chi connectivity index (χ0) is 18.2. The maximum atomic E-state index is 6.22. The largest absolute Gasteiger partial charge is 0.486 e. The van der Waals surface area contributed by atoms with Gasteiger partial charge in [-0.3, -0.25) is 9.38 Å². The number of ether oxygens (including phenoxy) is 2. The molecule has 134 valence electrons. The Kier molecular flexibility index (Phi) is 3.83. The van der Waals surface area contributed by atoms with Crippen molar-refractivity contribution in [2.75, 3.05) is 18.5 Å². The molecule has 7 heteroatoms. The molecule has 6 nitrogen and oxygen atoms in total. The highest BCUT2D eigenvalue weighted by atomic mass is 35.5. The first-order valence-electron chi connectivity index (χ1n) is 8.54. The zero-order valence-corrected chi connectivity index (χ0v) is 15.0. The number of halogens is 1. The SMILES string of the molecule is Clc1ccc2nc(-c3ccccn3)c(Nc3ccc4c(c3)OCCO4)n2c1. The molecular weight excluding hydrogens is 364 g/mol. The van der Waals surface area contributed by atoms with Crippen LogP contribution in [0.15, 0.2) is 60.9 Å². The van der Waals surface area contributed by atoms with Gasteiger partial charge in [-0.15, -0.1) is 0 Å². The van der Waals surface area contributed by atoms with Gasteiger partial charge >= 0.3 is 0 Å². The maximum Gasteiger partial charge on any atom is 0.163 e. The van der Waals surface area contributed by atoms with Crippen LogP contribution in [0.1, 0.15) is 0 Å². The molecule has 1 aromatic carbocycles. The molecule has 0 radical (unpaired) electrons. The van der Waals surface area contributed by atoms with Gasteiger partial charge in [0.2, 0.25) is 0 Å². The molecule has 0 saturated heterocycles. The second-order valence-corrected chi connectivity index (χ2v) is 6.52. The minimum Gasteiger partial charge on any atom is -0.486 e. The topological polar surface area (TPSA) is 60.7 Å². The van der Waals surface area contributed by atoms with Gasteiger partial charge in [0, 0.05) is 24.1 Å². The number of rotatable bonds is 3.